The van der Waals surface area contributed by atoms with Crippen molar-refractivity contribution in [3.8, 4) is 11.5 Å². The number of esters is 1. The highest BCUT2D eigenvalue weighted by Gasteiger charge is 2.09. The first kappa shape index (κ1) is 18.0. The van der Waals surface area contributed by atoms with Crippen LogP contribution in [0.5, 0.6) is 11.5 Å². The smallest absolute Gasteiger partial charge is 0.344 e. The molecule has 0 radical (unpaired) electrons. The molecular formula is C15H20N6O4. The summed E-state index contributed by atoms with van der Waals surface area (Å²) in [6.07, 6.45) is 1.56. The van der Waals surface area contributed by atoms with Crippen LogP contribution in [0, 0.1) is 6.92 Å². The van der Waals surface area contributed by atoms with Crippen LogP contribution in [0.3, 0.4) is 0 Å². The van der Waals surface area contributed by atoms with Crippen molar-refractivity contribution >= 4 is 18.1 Å². The van der Waals surface area contributed by atoms with Gasteiger partial charge in [0, 0.05) is 0 Å². The molecule has 0 unspecified atom stereocenters. The van der Waals surface area contributed by atoms with Crippen LogP contribution < -0.4 is 20.7 Å². The number of aryl methyl sites for hydroxylation is 1. The predicted molar refractivity (Wildman–Crippen MR) is 91.2 cm³/mol. The molecule has 0 saturated carbocycles. The average molecular weight is 348 g/mol. The maximum absolute atomic E-state index is 11.3. The van der Waals surface area contributed by atoms with Gasteiger partial charge in [-0.05, 0) is 37.6 Å². The summed E-state index contributed by atoms with van der Waals surface area (Å²) in [5.74, 6) is 7.03. The number of anilines is 1. The second-order valence-electron chi connectivity index (χ2n) is 4.81. The van der Waals surface area contributed by atoms with Crippen LogP contribution in [0.2, 0.25) is 0 Å². The Bertz CT molecular complexity index is 758. The first-order valence-corrected chi connectivity index (χ1v) is 7.47. The van der Waals surface area contributed by atoms with Crippen molar-refractivity contribution in [1.29, 1.82) is 0 Å². The summed E-state index contributed by atoms with van der Waals surface area (Å²) in [5.41, 5.74) is 3.43. The van der Waals surface area contributed by atoms with Gasteiger partial charge in [-0.1, -0.05) is 0 Å². The molecule has 0 aliphatic heterocycles. The number of benzene rings is 1. The minimum atomic E-state index is -0.444. The van der Waals surface area contributed by atoms with Crippen LogP contribution in [0.1, 0.15) is 18.3 Å². The van der Waals surface area contributed by atoms with Crippen LogP contribution in [-0.4, -0.2) is 47.4 Å². The minimum absolute atomic E-state index is 0.190. The Balaban J connectivity index is 2.01. The Morgan fingerprint density at radius 1 is 1.40 bits per heavy atom. The highest BCUT2D eigenvalue weighted by Crippen LogP contribution is 2.27. The van der Waals surface area contributed by atoms with Crippen LogP contribution in [0.25, 0.3) is 0 Å². The number of nitrogens with two attached hydrogens (primary N) is 1. The lowest BCUT2D eigenvalue weighted by Gasteiger charge is -2.10. The van der Waals surface area contributed by atoms with E-state index in [0.29, 0.717) is 29.9 Å². The van der Waals surface area contributed by atoms with Crippen molar-refractivity contribution in [1.82, 2.24) is 14.9 Å². The van der Waals surface area contributed by atoms with Gasteiger partial charge in [-0.3, -0.25) is 0 Å². The van der Waals surface area contributed by atoms with Crippen LogP contribution in [-0.2, 0) is 9.53 Å². The van der Waals surface area contributed by atoms with Gasteiger partial charge >= 0.3 is 5.97 Å². The molecule has 1 aromatic carbocycles. The molecule has 0 fully saturated rings. The molecule has 1 heterocycles. The van der Waals surface area contributed by atoms with Crippen LogP contribution in [0.4, 0.5) is 5.95 Å². The average Bonchev–Trinajstić information content (AvgIpc) is 2.93. The van der Waals surface area contributed by atoms with Crippen molar-refractivity contribution < 1.29 is 19.0 Å². The molecule has 0 atom stereocenters. The van der Waals surface area contributed by atoms with Gasteiger partial charge in [0.2, 0.25) is 0 Å². The van der Waals surface area contributed by atoms with E-state index < -0.39 is 5.97 Å². The summed E-state index contributed by atoms with van der Waals surface area (Å²) in [5, 5.41) is 11.7. The van der Waals surface area contributed by atoms with Crippen molar-refractivity contribution in [2.24, 2.45) is 5.10 Å². The number of rotatable bonds is 8. The minimum Gasteiger partial charge on any atom is -0.493 e. The molecule has 0 aliphatic carbocycles. The quantitative estimate of drug-likeness (QED) is 0.309. The molecule has 10 heteroatoms. The highest BCUT2D eigenvalue weighted by atomic mass is 16.6. The van der Waals surface area contributed by atoms with E-state index in [9.17, 15) is 4.79 Å². The number of methoxy groups -OCH3 is 1. The van der Waals surface area contributed by atoms with Crippen LogP contribution in [0.15, 0.2) is 23.3 Å². The zero-order valence-electron chi connectivity index (χ0n) is 14.2. The van der Waals surface area contributed by atoms with Crippen molar-refractivity contribution in [2.75, 3.05) is 31.6 Å². The fourth-order valence-electron chi connectivity index (χ4n) is 1.83. The van der Waals surface area contributed by atoms with Gasteiger partial charge in [0.25, 0.3) is 5.95 Å². The van der Waals surface area contributed by atoms with E-state index in [-0.39, 0.29) is 6.61 Å². The molecular weight excluding hydrogens is 328 g/mol. The second kappa shape index (κ2) is 8.52. The number of nitrogen functional groups attached to an aromatic ring is 1. The van der Waals surface area contributed by atoms with E-state index in [4.69, 9.17) is 20.1 Å². The predicted octanol–water partition coefficient (Wildman–Crippen LogP) is 0.697. The van der Waals surface area contributed by atoms with Gasteiger partial charge < -0.3 is 20.1 Å². The van der Waals surface area contributed by atoms with E-state index in [1.54, 1.807) is 38.3 Å². The largest absolute Gasteiger partial charge is 0.493 e. The van der Waals surface area contributed by atoms with Gasteiger partial charge in [-0.25, -0.2) is 14.9 Å². The second-order valence-corrected chi connectivity index (χ2v) is 4.81. The Morgan fingerprint density at radius 2 is 2.20 bits per heavy atom. The summed E-state index contributed by atoms with van der Waals surface area (Å²) in [7, 11) is 1.51. The number of aromatic nitrogens is 3. The van der Waals surface area contributed by atoms with Gasteiger partial charge in [0.1, 0.15) is 0 Å². The number of ether oxygens (including phenoxy) is 3. The number of hydrogen-bond donors (Lipinski definition) is 2. The molecule has 2 aromatic rings. The maximum atomic E-state index is 11.3. The number of nitrogens with zero attached hydrogens (tertiary/aromatic N) is 4. The van der Waals surface area contributed by atoms with Crippen molar-refractivity contribution in [3.63, 3.8) is 0 Å². The van der Waals surface area contributed by atoms with E-state index in [2.05, 4.69) is 20.7 Å². The molecule has 0 amide bonds. The molecule has 25 heavy (non-hydrogen) atoms. The summed E-state index contributed by atoms with van der Waals surface area (Å²) in [6.45, 7) is 3.57. The molecule has 134 valence electrons. The van der Waals surface area contributed by atoms with Crippen LogP contribution >= 0.6 is 0 Å². The lowest BCUT2D eigenvalue weighted by atomic mass is 10.2. The Kier molecular flexibility index (Phi) is 6.15. The summed E-state index contributed by atoms with van der Waals surface area (Å²) in [6, 6.07) is 5.14. The number of hydrazone groups is 1. The maximum Gasteiger partial charge on any atom is 0.344 e. The fourth-order valence-corrected chi connectivity index (χ4v) is 1.83. The molecule has 2 rings (SSSR count). The Labute approximate surface area is 144 Å². The molecule has 0 bridgehead atoms. The molecule has 3 N–H and O–H groups in total. The number of carbonyl (C=O) groups excluding carboxylic acids is 1. The Morgan fingerprint density at radius 3 is 2.84 bits per heavy atom. The topological polar surface area (TPSA) is 126 Å². The van der Waals surface area contributed by atoms with Crippen molar-refractivity contribution in [3.05, 3.63) is 29.6 Å². The summed E-state index contributed by atoms with van der Waals surface area (Å²) >= 11 is 0. The number of hydrogen-bond acceptors (Lipinski definition) is 9. The lowest BCUT2D eigenvalue weighted by Crippen LogP contribution is -2.15. The first-order valence-electron chi connectivity index (χ1n) is 7.47. The zero-order chi connectivity index (χ0) is 18.2. The lowest BCUT2D eigenvalue weighted by molar-refractivity contribution is -0.145. The third kappa shape index (κ3) is 4.83. The Hall–Kier alpha value is -3.30. The third-order valence-electron chi connectivity index (χ3n) is 3.08. The van der Waals surface area contributed by atoms with Gasteiger partial charge in [-0.2, -0.15) is 5.10 Å². The highest BCUT2D eigenvalue weighted by molar-refractivity contribution is 5.81. The first-order chi connectivity index (χ1) is 12.0. The number of nitrogens with one attached hydrogen (secondary N) is 1. The molecule has 0 spiro atoms. The number of carbonyl (C=O) groups is 1. The van der Waals surface area contributed by atoms with Gasteiger partial charge in [0.05, 0.1) is 19.9 Å². The van der Waals surface area contributed by atoms with E-state index >= 15 is 0 Å². The van der Waals surface area contributed by atoms with Gasteiger partial charge in [-0.15, -0.1) is 10.2 Å². The standard InChI is InChI=1S/C15H20N6O4/c1-4-24-14(22)9-25-12-6-5-11(7-13(12)23-3)8-17-19-15-20-18-10(2)21(15)16/h5-8H,4,9,16H2,1-3H3,(H,19,20)/b17-8-. The summed E-state index contributed by atoms with van der Waals surface area (Å²) < 4.78 is 16.7. The summed E-state index contributed by atoms with van der Waals surface area (Å²) in [4.78, 5) is 11.3. The SMILES string of the molecule is CCOC(=O)COc1ccc(/C=N\Nc2nnc(C)n2N)cc1OC. The van der Waals surface area contributed by atoms with Gasteiger partial charge in [0.15, 0.2) is 23.9 Å². The molecule has 0 saturated heterocycles. The van der Waals surface area contributed by atoms with E-state index in [1.807, 2.05) is 0 Å². The molecule has 1 aromatic heterocycles. The molecule has 0 aliphatic rings. The normalized spacial score (nSPS) is 10.7. The van der Waals surface area contributed by atoms with E-state index in [1.165, 1.54) is 11.8 Å². The van der Waals surface area contributed by atoms with Crippen molar-refractivity contribution in [2.45, 2.75) is 13.8 Å². The zero-order valence-corrected chi connectivity index (χ0v) is 14.2. The fraction of sp³-hybridized carbons (Fsp3) is 0.333. The third-order valence-corrected chi connectivity index (χ3v) is 3.08. The monoisotopic (exact) mass is 348 g/mol. The van der Waals surface area contributed by atoms with E-state index in [0.717, 1.165) is 5.56 Å². The molecule has 10 nitrogen and oxygen atoms in total.